The first kappa shape index (κ1) is 16.2. The van der Waals surface area contributed by atoms with E-state index in [0.717, 1.165) is 0 Å². The first-order chi connectivity index (χ1) is 8.44. The number of carbonyl (C=O) groups excluding carboxylic acids is 2. The number of benzene rings is 1. The summed E-state index contributed by atoms with van der Waals surface area (Å²) in [5.41, 5.74) is 0.945. The Labute approximate surface area is 133 Å². The molecule has 0 spiro atoms. The van der Waals surface area contributed by atoms with E-state index in [1.165, 1.54) is 0 Å². The minimum Gasteiger partial charge on any atom is -0.543 e. The Morgan fingerprint density at radius 3 is 2.63 bits per heavy atom. The molecule has 0 radical (unpaired) electrons. The summed E-state index contributed by atoms with van der Waals surface area (Å²) in [6.07, 6.45) is -0.448. The van der Waals surface area contributed by atoms with Gasteiger partial charge in [-0.15, -0.1) is 0 Å². The minimum absolute atomic E-state index is 0. The van der Waals surface area contributed by atoms with Gasteiger partial charge in [0.15, 0.2) is 0 Å². The summed E-state index contributed by atoms with van der Waals surface area (Å²) < 4.78 is 10.2. The van der Waals surface area contributed by atoms with Crippen molar-refractivity contribution in [1.29, 1.82) is 0 Å². The molecule has 96 valence electrons. The monoisotopic (exact) mass is 272 g/mol. The van der Waals surface area contributed by atoms with Crippen LogP contribution in [0.2, 0.25) is 0 Å². The molecule has 6 heteroatoms. The Morgan fingerprint density at radius 1 is 1.42 bits per heavy atom. The molecule has 1 aromatic rings. The Bertz CT molecular complexity index is 500. The summed E-state index contributed by atoms with van der Waals surface area (Å²) in [5, 5.41) is 11.3. The molecule has 0 saturated heterocycles. The summed E-state index contributed by atoms with van der Waals surface area (Å²) in [6.45, 7) is 3.33. The summed E-state index contributed by atoms with van der Waals surface area (Å²) in [5.74, 6) is -4.28. The molecule has 0 bridgehead atoms. The third-order valence-corrected chi connectivity index (χ3v) is 2.66. The summed E-state index contributed by atoms with van der Waals surface area (Å²) in [6, 6.07) is 6.69. The van der Waals surface area contributed by atoms with E-state index in [1.807, 2.05) is 0 Å². The standard InChI is InChI=1S/C13H14O5.Na/c1-8(2)17-13(12(15)16)7-9-5-3-4-6-10(9)11(14)18-13;/h3-6,8H,7H2,1-2H3,(H,15,16);/q;+1/p-1. The van der Waals surface area contributed by atoms with Crippen LogP contribution in [-0.4, -0.2) is 23.8 Å². The third-order valence-electron chi connectivity index (χ3n) is 2.66. The third kappa shape index (κ3) is 3.17. The molecule has 1 heterocycles. The number of rotatable bonds is 3. The van der Waals surface area contributed by atoms with E-state index in [-0.39, 0.29) is 36.0 Å². The van der Waals surface area contributed by atoms with Gasteiger partial charge in [-0.05, 0) is 25.5 Å². The van der Waals surface area contributed by atoms with Gasteiger partial charge in [0.05, 0.1) is 11.7 Å². The average molecular weight is 272 g/mol. The number of ether oxygens (including phenoxy) is 2. The van der Waals surface area contributed by atoms with E-state index in [1.54, 1.807) is 38.1 Å². The van der Waals surface area contributed by atoms with Gasteiger partial charge in [0, 0.05) is 6.42 Å². The molecule has 1 unspecified atom stereocenters. The smallest absolute Gasteiger partial charge is 0.543 e. The summed E-state index contributed by atoms with van der Waals surface area (Å²) in [4.78, 5) is 23.0. The van der Waals surface area contributed by atoms with Crippen LogP contribution in [0.4, 0.5) is 0 Å². The van der Waals surface area contributed by atoms with Crippen LogP contribution in [0.3, 0.4) is 0 Å². The molecular formula is C13H13NaO5. The molecule has 0 aromatic heterocycles. The molecule has 0 aliphatic carbocycles. The Kier molecular flexibility index (Phi) is 5.15. The van der Waals surface area contributed by atoms with Gasteiger partial charge in [-0.3, -0.25) is 0 Å². The van der Waals surface area contributed by atoms with Gasteiger partial charge >= 0.3 is 35.5 Å². The largest absolute Gasteiger partial charge is 1.00 e. The number of fused-ring (bicyclic) bond motifs is 1. The fourth-order valence-corrected chi connectivity index (χ4v) is 1.97. The second-order valence-electron chi connectivity index (χ2n) is 4.43. The quantitative estimate of drug-likeness (QED) is 0.441. The van der Waals surface area contributed by atoms with Crippen LogP contribution in [0.5, 0.6) is 0 Å². The van der Waals surface area contributed by atoms with E-state index >= 15 is 0 Å². The maximum absolute atomic E-state index is 11.8. The first-order valence-corrected chi connectivity index (χ1v) is 5.65. The molecule has 1 aromatic carbocycles. The number of cyclic esters (lactones) is 1. The number of esters is 1. The molecule has 2 rings (SSSR count). The van der Waals surface area contributed by atoms with Gasteiger partial charge in [-0.25, -0.2) is 4.79 Å². The van der Waals surface area contributed by atoms with Crippen molar-refractivity contribution in [2.75, 3.05) is 0 Å². The van der Waals surface area contributed by atoms with Crippen molar-refractivity contribution < 1.29 is 53.7 Å². The Morgan fingerprint density at radius 2 is 2.05 bits per heavy atom. The van der Waals surface area contributed by atoms with E-state index in [4.69, 9.17) is 9.47 Å². The zero-order valence-electron chi connectivity index (χ0n) is 11.1. The van der Waals surface area contributed by atoms with E-state index < -0.39 is 23.8 Å². The van der Waals surface area contributed by atoms with Crippen molar-refractivity contribution in [3.8, 4) is 0 Å². The average Bonchev–Trinajstić information content (AvgIpc) is 2.28. The number of carboxylic acid groups (broad SMARTS) is 1. The van der Waals surface area contributed by atoms with E-state index in [0.29, 0.717) is 11.1 Å². The number of carbonyl (C=O) groups is 2. The molecule has 5 nitrogen and oxygen atoms in total. The van der Waals surface area contributed by atoms with Crippen molar-refractivity contribution in [2.24, 2.45) is 0 Å². The number of aliphatic carboxylic acids is 1. The number of carboxylic acids is 1. The second-order valence-corrected chi connectivity index (χ2v) is 4.43. The molecule has 0 N–H and O–H groups in total. The Balaban J connectivity index is 0.00000180. The molecule has 19 heavy (non-hydrogen) atoms. The van der Waals surface area contributed by atoms with Gasteiger partial charge in [0.25, 0.3) is 5.79 Å². The van der Waals surface area contributed by atoms with Gasteiger partial charge in [0.1, 0.15) is 5.97 Å². The van der Waals surface area contributed by atoms with Crippen LogP contribution < -0.4 is 34.7 Å². The van der Waals surface area contributed by atoms with Crippen LogP contribution in [0.15, 0.2) is 24.3 Å². The maximum atomic E-state index is 11.8. The molecule has 1 aliphatic rings. The second kappa shape index (κ2) is 6.05. The predicted molar refractivity (Wildman–Crippen MR) is 59.5 cm³/mol. The van der Waals surface area contributed by atoms with Crippen molar-refractivity contribution in [2.45, 2.75) is 32.2 Å². The zero-order chi connectivity index (χ0) is 13.3. The Hall–Kier alpha value is -0.880. The van der Waals surface area contributed by atoms with Gasteiger partial charge < -0.3 is 19.4 Å². The number of hydrogen-bond donors (Lipinski definition) is 0. The topological polar surface area (TPSA) is 75.7 Å². The minimum atomic E-state index is -2.03. The molecule has 1 aliphatic heterocycles. The van der Waals surface area contributed by atoms with E-state index in [2.05, 4.69) is 0 Å². The van der Waals surface area contributed by atoms with Gasteiger partial charge in [0.2, 0.25) is 0 Å². The van der Waals surface area contributed by atoms with Crippen LogP contribution in [0.1, 0.15) is 29.8 Å². The first-order valence-electron chi connectivity index (χ1n) is 5.65. The van der Waals surface area contributed by atoms with Crippen molar-refractivity contribution >= 4 is 11.9 Å². The summed E-state index contributed by atoms with van der Waals surface area (Å²) in [7, 11) is 0. The van der Waals surface area contributed by atoms with Gasteiger partial charge in [-0.1, -0.05) is 18.2 Å². The molecule has 1 atom stereocenters. The summed E-state index contributed by atoms with van der Waals surface area (Å²) >= 11 is 0. The molecule has 0 saturated carbocycles. The molecule has 0 fully saturated rings. The van der Waals surface area contributed by atoms with Crippen LogP contribution in [-0.2, 0) is 20.7 Å². The van der Waals surface area contributed by atoms with Crippen LogP contribution >= 0.6 is 0 Å². The zero-order valence-corrected chi connectivity index (χ0v) is 13.1. The van der Waals surface area contributed by atoms with Crippen molar-refractivity contribution in [3.63, 3.8) is 0 Å². The predicted octanol–water partition coefficient (Wildman–Crippen LogP) is -2.73. The van der Waals surface area contributed by atoms with E-state index in [9.17, 15) is 14.7 Å². The maximum Gasteiger partial charge on any atom is 1.00 e. The SMILES string of the molecule is CC(C)OC1(C(=O)[O-])Cc2ccccc2C(=O)O1.[Na+]. The van der Waals surface area contributed by atoms with Crippen LogP contribution in [0, 0.1) is 0 Å². The van der Waals surface area contributed by atoms with Gasteiger partial charge in [-0.2, -0.15) is 0 Å². The normalized spacial score (nSPS) is 21.3. The van der Waals surface area contributed by atoms with Crippen molar-refractivity contribution in [1.82, 2.24) is 0 Å². The number of hydrogen-bond acceptors (Lipinski definition) is 5. The van der Waals surface area contributed by atoms with Crippen LogP contribution in [0.25, 0.3) is 0 Å². The van der Waals surface area contributed by atoms with Crippen molar-refractivity contribution in [3.05, 3.63) is 35.4 Å². The fourth-order valence-electron chi connectivity index (χ4n) is 1.97. The molecule has 0 amide bonds. The fraction of sp³-hybridized carbons (Fsp3) is 0.385. The molecular weight excluding hydrogens is 259 g/mol.